The monoisotopic (exact) mass is 340 g/mol. The van der Waals surface area contributed by atoms with E-state index in [4.69, 9.17) is 4.74 Å². The second kappa shape index (κ2) is 8.67. The molecule has 25 heavy (non-hydrogen) atoms. The average Bonchev–Trinajstić information content (AvgIpc) is 2.60. The number of esters is 1. The largest absolute Gasteiger partial charge is 0.443 e. The minimum atomic E-state index is -0.312. The molecule has 0 bridgehead atoms. The number of carbonyl (C=O) groups excluding carboxylic acids is 1. The van der Waals surface area contributed by atoms with Gasteiger partial charge in [0.15, 0.2) is 6.23 Å². The molecule has 1 atom stereocenters. The summed E-state index contributed by atoms with van der Waals surface area (Å²) in [6, 6.07) is 13.6. The number of nitrogens with one attached hydrogen (secondary N) is 1. The Morgan fingerprint density at radius 2 is 1.68 bits per heavy atom. The first-order valence-corrected chi connectivity index (χ1v) is 8.85. The number of benzene rings is 2. The second-order valence-corrected chi connectivity index (χ2v) is 6.14. The van der Waals surface area contributed by atoms with Gasteiger partial charge in [-0.15, -0.1) is 0 Å². The van der Waals surface area contributed by atoms with Crippen LogP contribution in [-0.4, -0.2) is 30.2 Å². The van der Waals surface area contributed by atoms with E-state index >= 15 is 0 Å². The van der Waals surface area contributed by atoms with Crippen molar-refractivity contribution in [3.05, 3.63) is 59.2 Å². The van der Waals surface area contributed by atoms with E-state index in [0.717, 1.165) is 24.5 Å². The molecule has 0 heterocycles. The molecule has 2 aromatic rings. The number of nitrogens with zero attached hydrogens (tertiary/aromatic N) is 1. The Labute approximate surface area is 150 Å². The topological polar surface area (TPSA) is 41.6 Å². The van der Waals surface area contributed by atoms with E-state index in [1.165, 1.54) is 11.1 Å². The molecule has 0 aliphatic heterocycles. The van der Waals surface area contributed by atoms with E-state index in [-0.39, 0.29) is 12.2 Å². The van der Waals surface area contributed by atoms with Crippen molar-refractivity contribution >= 4 is 17.3 Å². The van der Waals surface area contributed by atoms with Gasteiger partial charge in [-0.2, -0.15) is 0 Å². The minimum Gasteiger partial charge on any atom is -0.443 e. The SMILES string of the molecule is CCN(CC)C(C)OC(=O)c1ccccc1Nc1cccc(C)c1C. The number of hydrogen-bond donors (Lipinski definition) is 1. The highest BCUT2D eigenvalue weighted by Gasteiger charge is 2.19. The molecule has 0 spiro atoms. The Balaban J connectivity index is 2.23. The van der Waals surface area contributed by atoms with E-state index in [1.807, 2.05) is 37.3 Å². The molecule has 2 rings (SSSR count). The highest BCUT2D eigenvalue weighted by molar-refractivity contribution is 5.96. The number of hydrogen-bond acceptors (Lipinski definition) is 4. The Hall–Kier alpha value is -2.33. The standard InChI is InChI=1S/C21H28N2O2/c1-6-23(7-2)17(5)25-21(24)18-12-8-9-13-20(18)22-19-14-10-11-15(3)16(19)4/h8-14,17,22H,6-7H2,1-5H3. The maximum absolute atomic E-state index is 12.7. The second-order valence-electron chi connectivity index (χ2n) is 6.14. The molecule has 0 amide bonds. The molecule has 0 aromatic heterocycles. The number of para-hydroxylation sites is 1. The molecule has 4 heteroatoms. The van der Waals surface area contributed by atoms with Crippen LogP contribution >= 0.6 is 0 Å². The Morgan fingerprint density at radius 3 is 2.36 bits per heavy atom. The third-order valence-electron chi connectivity index (χ3n) is 4.63. The van der Waals surface area contributed by atoms with Crippen LogP contribution in [0.1, 0.15) is 42.3 Å². The molecule has 1 unspecified atom stereocenters. The van der Waals surface area contributed by atoms with Gasteiger partial charge in [0.25, 0.3) is 0 Å². The van der Waals surface area contributed by atoms with E-state index < -0.39 is 0 Å². The van der Waals surface area contributed by atoms with Gasteiger partial charge in [-0.25, -0.2) is 4.79 Å². The van der Waals surface area contributed by atoms with Crippen molar-refractivity contribution in [1.82, 2.24) is 4.90 Å². The van der Waals surface area contributed by atoms with Crippen LogP contribution in [0.5, 0.6) is 0 Å². The van der Waals surface area contributed by atoms with Crippen LogP contribution in [0.4, 0.5) is 11.4 Å². The van der Waals surface area contributed by atoms with Crippen molar-refractivity contribution in [1.29, 1.82) is 0 Å². The smallest absolute Gasteiger partial charge is 0.341 e. The van der Waals surface area contributed by atoms with Crippen LogP contribution in [0.25, 0.3) is 0 Å². The van der Waals surface area contributed by atoms with Gasteiger partial charge in [-0.3, -0.25) is 4.90 Å². The summed E-state index contributed by atoms with van der Waals surface area (Å²) in [6.07, 6.45) is -0.253. The van der Waals surface area contributed by atoms with Gasteiger partial charge in [0.1, 0.15) is 0 Å². The molecular weight excluding hydrogens is 312 g/mol. The van der Waals surface area contributed by atoms with Gasteiger partial charge in [0.2, 0.25) is 0 Å². The number of rotatable bonds is 7. The number of anilines is 2. The lowest BCUT2D eigenvalue weighted by Crippen LogP contribution is -2.36. The first-order valence-electron chi connectivity index (χ1n) is 8.85. The van der Waals surface area contributed by atoms with E-state index in [2.05, 4.69) is 44.0 Å². The molecule has 134 valence electrons. The molecule has 4 nitrogen and oxygen atoms in total. The summed E-state index contributed by atoms with van der Waals surface area (Å²) in [4.78, 5) is 14.8. The number of carbonyl (C=O) groups is 1. The van der Waals surface area contributed by atoms with Gasteiger partial charge in [-0.1, -0.05) is 38.1 Å². The Morgan fingerprint density at radius 1 is 1.04 bits per heavy atom. The first-order chi connectivity index (χ1) is 12.0. The van der Waals surface area contributed by atoms with Crippen molar-refractivity contribution in [2.24, 2.45) is 0 Å². The van der Waals surface area contributed by atoms with Crippen molar-refractivity contribution in [2.75, 3.05) is 18.4 Å². The lowest BCUT2D eigenvalue weighted by Gasteiger charge is -2.26. The van der Waals surface area contributed by atoms with Gasteiger partial charge in [-0.05, 0) is 63.2 Å². The molecule has 0 aliphatic carbocycles. The molecule has 0 fully saturated rings. The molecule has 0 saturated heterocycles. The van der Waals surface area contributed by atoms with Crippen molar-refractivity contribution in [3.63, 3.8) is 0 Å². The van der Waals surface area contributed by atoms with E-state index in [9.17, 15) is 4.79 Å². The average molecular weight is 340 g/mol. The van der Waals surface area contributed by atoms with Gasteiger partial charge < -0.3 is 10.1 Å². The lowest BCUT2D eigenvalue weighted by molar-refractivity contribution is -0.0196. The van der Waals surface area contributed by atoms with Crippen LogP contribution in [0.3, 0.4) is 0 Å². The van der Waals surface area contributed by atoms with Crippen molar-refractivity contribution in [3.8, 4) is 0 Å². The summed E-state index contributed by atoms with van der Waals surface area (Å²) < 4.78 is 5.66. The lowest BCUT2D eigenvalue weighted by atomic mass is 10.1. The fraction of sp³-hybridized carbons (Fsp3) is 0.381. The first kappa shape index (κ1) is 19.0. The summed E-state index contributed by atoms with van der Waals surface area (Å²) in [5, 5.41) is 3.38. The van der Waals surface area contributed by atoms with Crippen LogP contribution < -0.4 is 5.32 Å². The van der Waals surface area contributed by atoms with Crippen LogP contribution in [0.15, 0.2) is 42.5 Å². The normalized spacial score (nSPS) is 12.1. The molecular formula is C21H28N2O2. The van der Waals surface area contributed by atoms with Crippen LogP contribution in [-0.2, 0) is 4.74 Å². The van der Waals surface area contributed by atoms with E-state index in [0.29, 0.717) is 5.56 Å². The summed E-state index contributed by atoms with van der Waals surface area (Å²) in [5.41, 5.74) is 4.68. The zero-order valence-corrected chi connectivity index (χ0v) is 15.8. The maximum atomic E-state index is 12.7. The summed E-state index contributed by atoms with van der Waals surface area (Å²) >= 11 is 0. The molecule has 0 saturated carbocycles. The highest BCUT2D eigenvalue weighted by Crippen LogP contribution is 2.26. The highest BCUT2D eigenvalue weighted by atomic mass is 16.6. The van der Waals surface area contributed by atoms with E-state index in [1.54, 1.807) is 6.07 Å². The number of ether oxygens (including phenoxy) is 1. The van der Waals surface area contributed by atoms with Crippen LogP contribution in [0, 0.1) is 13.8 Å². The third-order valence-corrected chi connectivity index (χ3v) is 4.63. The molecule has 0 radical (unpaired) electrons. The summed E-state index contributed by atoms with van der Waals surface area (Å²) in [7, 11) is 0. The zero-order valence-electron chi connectivity index (χ0n) is 15.8. The number of aryl methyl sites for hydroxylation is 1. The summed E-state index contributed by atoms with van der Waals surface area (Å²) in [6.45, 7) is 11.9. The predicted molar refractivity (Wildman–Crippen MR) is 103 cm³/mol. The molecule has 2 aromatic carbocycles. The fourth-order valence-electron chi connectivity index (χ4n) is 2.83. The van der Waals surface area contributed by atoms with Crippen LogP contribution in [0.2, 0.25) is 0 Å². The van der Waals surface area contributed by atoms with Gasteiger partial charge >= 0.3 is 5.97 Å². The van der Waals surface area contributed by atoms with Gasteiger partial charge in [0, 0.05) is 5.69 Å². The maximum Gasteiger partial charge on any atom is 0.341 e. The predicted octanol–water partition coefficient (Wildman–Crippen LogP) is 4.89. The molecule has 0 aliphatic rings. The minimum absolute atomic E-state index is 0.253. The van der Waals surface area contributed by atoms with Gasteiger partial charge in [0.05, 0.1) is 11.3 Å². The third kappa shape index (κ3) is 4.60. The quantitative estimate of drug-likeness (QED) is 0.575. The zero-order chi connectivity index (χ0) is 18.4. The van der Waals surface area contributed by atoms with Crippen molar-refractivity contribution < 1.29 is 9.53 Å². The fourth-order valence-corrected chi connectivity index (χ4v) is 2.83. The summed E-state index contributed by atoms with van der Waals surface area (Å²) in [5.74, 6) is -0.312. The Kier molecular flexibility index (Phi) is 6.59. The van der Waals surface area contributed by atoms with Crippen molar-refractivity contribution in [2.45, 2.75) is 40.8 Å². The Bertz CT molecular complexity index is 724. The molecule has 1 N–H and O–H groups in total.